The summed E-state index contributed by atoms with van der Waals surface area (Å²) in [5.74, 6) is 0.497. The van der Waals surface area contributed by atoms with E-state index in [1.165, 1.54) is 12.5 Å². The summed E-state index contributed by atoms with van der Waals surface area (Å²) in [5, 5.41) is 27.2. The smallest absolute Gasteiger partial charge is 0.405 e. The van der Waals surface area contributed by atoms with Gasteiger partial charge in [0.05, 0.1) is 11.8 Å². The Morgan fingerprint density at radius 1 is 1.17 bits per heavy atom. The number of hydrogen-bond acceptors (Lipinski definition) is 7. The highest BCUT2D eigenvalue weighted by Gasteiger charge is 2.19. The Morgan fingerprint density at radius 2 is 1.91 bits per heavy atom. The first-order valence-corrected chi connectivity index (χ1v) is 6.70. The number of furan rings is 1. The number of pyridine rings is 1. The van der Waals surface area contributed by atoms with E-state index >= 15 is 0 Å². The predicted molar refractivity (Wildman–Crippen MR) is 77.2 cm³/mol. The molecule has 9 nitrogen and oxygen atoms in total. The van der Waals surface area contributed by atoms with Gasteiger partial charge in [-0.05, 0) is 23.8 Å². The Balaban J connectivity index is 1.83. The molecule has 1 atom stereocenters. The number of amides is 1. The molecular weight excluding hydrogens is 300 g/mol. The monoisotopic (exact) mass is 312 g/mol. The van der Waals surface area contributed by atoms with Crippen LogP contribution < -0.4 is 5.32 Å². The van der Waals surface area contributed by atoms with Crippen molar-refractivity contribution in [2.24, 2.45) is 0 Å². The first kappa shape index (κ1) is 14.6. The van der Waals surface area contributed by atoms with Crippen LogP contribution in [0.1, 0.15) is 17.4 Å². The van der Waals surface area contributed by atoms with Gasteiger partial charge in [0.2, 0.25) is 5.82 Å². The van der Waals surface area contributed by atoms with Crippen molar-refractivity contribution in [1.29, 1.82) is 0 Å². The number of nitrogens with one attached hydrogen (secondary N) is 1. The van der Waals surface area contributed by atoms with E-state index in [2.05, 4.69) is 30.7 Å². The molecule has 23 heavy (non-hydrogen) atoms. The highest BCUT2D eigenvalue weighted by atomic mass is 16.4. The van der Waals surface area contributed by atoms with Gasteiger partial charge in [0.25, 0.3) is 0 Å². The third-order valence-electron chi connectivity index (χ3n) is 3.07. The van der Waals surface area contributed by atoms with Crippen molar-refractivity contribution in [3.63, 3.8) is 0 Å². The number of carbonyl (C=O) groups is 1. The molecule has 3 rings (SSSR count). The summed E-state index contributed by atoms with van der Waals surface area (Å²) in [7, 11) is 0. The fraction of sp³-hybridized carbons (Fsp3) is 0.143. The molecule has 0 fully saturated rings. The van der Waals surface area contributed by atoms with E-state index < -0.39 is 12.1 Å². The highest BCUT2D eigenvalue weighted by Crippen LogP contribution is 2.16. The second-order valence-electron chi connectivity index (χ2n) is 4.66. The summed E-state index contributed by atoms with van der Waals surface area (Å²) in [5.41, 5.74) is 1.54. The molecule has 0 bridgehead atoms. The van der Waals surface area contributed by atoms with Crippen LogP contribution in [-0.4, -0.2) is 36.6 Å². The first-order chi connectivity index (χ1) is 11.2. The average Bonchev–Trinajstić information content (AvgIpc) is 3.09. The summed E-state index contributed by atoms with van der Waals surface area (Å²) >= 11 is 0. The lowest BCUT2D eigenvalue weighted by atomic mass is 10.1. The lowest BCUT2D eigenvalue weighted by Crippen LogP contribution is -2.30. The van der Waals surface area contributed by atoms with E-state index in [-0.39, 0.29) is 5.82 Å². The zero-order valence-electron chi connectivity index (χ0n) is 11.8. The first-order valence-electron chi connectivity index (χ1n) is 6.70. The molecular formula is C14H12N6O3. The molecule has 0 aliphatic rings. The van der Waals surface area contributed by atoms with E-state index in [1.54, 1.807) is 30.6 Å². The average molecular weight is 312 g/mol. The van der Waals surface area contributed by atoms with E-state index in [1.807, 2.05) is 0 Å². The third kappa shape index (κ3) is 3.64. The molecule has 1 amide bonds. The summed E-state index contributed by atoms with van der Waals surface area (Å²) in [6.45, 7) is 0. The van der Waals surface area contributed by atoms with Gasteiger partial charge in [0.15, 0.2) is 5.82 Å². The molecule has 3 aromatic rings. The standard InChI is InChI=1S/C14H12N6O3/c21-14(22)16-11(7-9-1-4-15-5-2-9)13-19-17-12(18-20-13)10-3-6-23-8-10/h1-6,8,11,16H,7H2,(H,21,22). The molecule has 3 heterocycles. The third-order valence-corrected chi connectivity index (χ3v) is 3.07. The Labute approximate surface area is 130 Å². The van der Waals surface area contributed by atoms with Crippen LogP contribution in [0.25, 0.3) is 11.4 Å². The lowest BCUT2D eigenvalue weighted by Gasteiger charge is -2.14. The second-order valence-corrected chi connectivity index (χ2v) is 4.66. The van der Waals surface area contributed by atoms with Gasteiger partial charge in [-0.1, -0.05) is 0 Å². The zero-order chi connectivity index (χ0) is 16.1. The fourth-order valence-corrected chi connectivity index (χ4v) is 1.99. The topological polar surface area (TPSA) is 127 Å². The minimum absolute atomic E-state index is 0.191. The van der Waals surface area contributed by atoms with Gasteiger partial charge >= 0.3 is 6.09 Å². The Kier molecular flexibility index (Phi) is 4.18. The van der Waals surface area contributed by atoms with Gasteiger partial charge in [0, 0.05) is 18.8 Å². The number of aromatic nitrogens is 5. The van der Waals surface area contributed by atoms with Gasteiger partial charge in [-0.2, -0.15) is 0 Å². The molecule has 0 spiro atoms. The molecule has 1 unspecified atom stereocenters. The van der Waals surface area contributed by atoms with Crippen LogP contribution >= 0.6 is 0 Å². The fourth-order valence-electron chi connectivity index (χ4n) is 1.99. The van der Waals surface area contributed by atoms with Crippen LogP contribution in [0.15, 0.2) is 47.5 Å². The maximum atomic E-state index is 11.0. The summed E-state index contributed by atoms with van der Waals surface area (Å²) in [4.78, 5) is 14.9. The Hall–Kier alpha value is -3.36. The molecule has 116 valence electrons. The van der Waals surface area contributed by atoms with Crippen molar-refractivity contribution in [3.8, 4) is 11.4 Å². The molecule has 0 aromatic carbocycles. The summed E-state index contributed by atoms with van der Waals surface area (Å²) in [6.07, 6.45) is 5.42. The van der Waals surface area contributed by atoms with Crippen LogP contribution in [0.4, 0.5) is 4.79 Å². The molecule has 0 radical (unpaired) electrons. The Bertz CT molecular complexity index is 761. The van der Waals surface area contributed by atoms with Crippen molar-refractivity contribution >= 4 is 6.09 Å². The minimum Gasteiger partial charge on any atom is -0.472 e. The van der Waals surface area contributed by atoms with E-state index in [0.29, 0.717) is 17.8 Å². The molecule has 2 N–H and O–H groups in total. The second kappa shape index (κ2) is 6.60. The SMILES string of the molecule is O=C(O)NC(Cc1ccncc1)c1nnc(-c2ccoc2)nn1. The maximum Gasteiger partial charge on any atom is 0.405 e. The molecule has 0 aliphatic carbocycles. The number of carboxylic acid groups (broad SMARTS) is 1. The molecule has 3 aromatic heterocycles. The predicted octanol–water partition coefficient (Wildman–Crippen LogP) is 1.47. The number of nitrogens with zero attached hydrogens (tertiary/aromatic N) is 5. The summed E-state index contributed by atoms with van der Waals surface area (Å²) < 4.78 is 4.95. The number of rotatable bonds is 5. The van der Waals surface area contributed by atoms with Crippen molar-refractivity contribution in [1.82, 2.24) is 30.7 Å². The Morgan fingerprint density at radius 3 is 2.52 bits per heavy atom. The van der Waals surface area contributed by atoms with E-state index in [9.17, 15) is 4.79 Å². The van der Waals surface area contributed by atoms with Crippen molar-refractivity contribution in [3.05, 3.63) is 54.5 Å². The zero-order valence-corrected chi connectivity index (χ0v) is 11.8. The van der Waals surface area contributed by atoms with Crippen LogP contribution in [0.5, 0.6) is 0 Å². The van der Waals surface area contributed by atoms with E-state index in [4.69, 9.17) is 9.52 Å². The van der Waals surface area contributed by atoms with Gasteiger partial charge < -0.3 is 14.8 Å². The molecule has 0 aliphatic heterocycles. The van der Waals surface area contributed by atoms with Crippen molar-refractivity contribution < 1.29 is 14.3 Å². The van der Waals surface area contributed by atoms with Crippen molar-refractivity contribution in [2.75, 3.05) is 0 Å². The lowest BCUT2D eigenvalue weighted by molar-refractivity contribution is 0.189. The van der Waals surface area contributed by atoms with Crippen LogP contribution in [0.3, 0.4) is 0 Å². The van der Waals surface area contributed by atoms with Crippen LogP contribution in [0, 0.1) is 0 Å². The maximum absolute atomic E-state index is 11.0. The van der Waals surface area contributed by atoms with Gasteiger partial charge in [-0.15, -0.1) is 20.4 Å². The van der Waals surface area contributed by atoms with Crippen LogP contribution in [0.2, 0.25) is 0 Å². The van der Waals surface area contributed by atoms with Gasteiger partial charge in [-0.25, -0.2) is 4.79 Å². The largest absolute Gasteiger partial charge is 0.472 e. The van der Waals surface area contributed by atoms with Crippen LogP contribution in [-0.2, 0) is 6.42 Å². The molecule has 0 saturated carbocycles. The summed E-state index contributed by atoms with van der Waals surface area (Å²) in [6, 6.07) is 4.60. The molecule has 9 heteroatoms. The molecule has 0 saturated heterocycles. The van der Waals surface area contributed by atoms with Crippen molar-refractivity contribution in [2.45, 2.75) is 12.5 Å². The number of hydrogen-bond donors (Lipinski definition) is 2. The van der Waals surface area contributed by atoms with E-state index in [0.717, 1.165) is 5.56 Å². The van der Waals surface area contributed by atoms with Gasteiger partial charge in [0.1, 0.15) is 12.3 Å². The van der Waals surface area contributed by atoms with Gasteiger partial charge in [-0.3, -0.25) is 4.98 Å². The highest BCUT2D eigenvalue weighted by molar-refractivity contribution is 5.65. The quantitative estimate of drug-likeness (QED) is 0.725. The minimum atomic E-state index is -1.17. The normalized spacial score (nSPS) is 11.8.